The van der Waals surface area contributed by atoms with Crippen molar-refractivity contribution in [3.8, 4) is 33.6 Å². The highest BCUT2D eigenvalue weighted by atomic mass is 19.1. The minimum absolute atomic E-state index is 0.195. The van der Waals surface area contributed by atoms with Crippen molar-refractivity contribution in [3.05, 3.63) is 96.8 Å². The number of rotatable bonds is 3. The van der Waals surface area contributed by atoms with Gasteiger partial charge in [-0.05, 0) is 47.5 Å². The molecule has 0 radical (unpaired) electrons. The average molecular weight is 392 g/mol. The molecule has 0 aliphatic carbocycles. The fraction of sp³-hybridized carbons (Fsp3) is 0. The van der Waals surface area contributed by atoms with Gasteiger partial charge in [0.15, 0.2) is 0 Å². The number of halogens is 1. The highest BCUT2D eigenvalue weighted by molar-refractivity contribution is 5.91. The summed E-state index contributed by atoms with van der Waals surface area (Å²) in [6.45, 7) is 0. The SMILES string of the molecule is Nc1nc(-c2ccc(-c3ccccc3)cc2)c2nc(-c3ccc(F)cc3)ccc2n1. The van der Waals surface area contributed by atoms with Gasteiger partial charge in [-0.25, -0.2) is 19.3 Å². The van der Waals surface area contributed by atoms with Crippen LogP contribution in [0.3, 0.4) is 0 Å². The number of hydrogen-bond acceptors (Lipinski definition) is 4. The minimum Gasteiger partial charge on any atom is -0.368 e. The zero-order valence-electron chi connectivity index (χ0n) is 16.0. The average Bonchev–Trinajstić information content (AvgIpc) is 2.79. The third-order valence-electron chi connectivity index (χ3n) is 4.97. The molecule has 0 spiro atoms. The van der Waals surface area contributed by atoms with Crippen LogP contribution in [0.1, 0.15) is 0 Å². The summed E-state index contributed by atoms with van der Waals surface area (Å²) in [5.74, 6) is -0.0872. The Morgan fingerprint density at radius 2 is 1.20 bits per heavy atom. The highest BCUT2D eigenvalue weighted by Gasteiger charge is 2.12. The quantitative estimate of drug-likeness (QED) is 0.425. The maximum Gasteiger partial charge on any atom is 0.221 e. The summed E-state index contributed by atoms with van der Waals surface area (Å²) in [7, 11) is 0. The second kappa shape index (κ2) is 7.37. The summed E-state index contributed by atoms with van der Waals surface area (Å²) in [4.78, 5) is 13.6. The highest BCUT2D eigenvalue weighted by Crippen LogP contribution is 2.30. The van der Waals surface area contributed by atoms with Crippen LogP contribution in [0.5, 0.6) is 0 Å². The van der Waals surface area contributed by atoms with Crippen LogP contribution in [0, 0.1) is 5.82 Å². The molecular weight excluding hydrogens is 375 g/mol. The Morgan fingerprint density at radius 1 is 0.567 bits per heavy atom. The molecule has 144 valence electrons. The number of aromatic nitrogens is 3. The summed E-state index contributed by atoms with van der Waals surface area (Å²) >= 11 is 0. The lowest BCUT2D eigenvalue weighted by Crippen LogP contribution is -2.00. The van der Waals surface area contributed by atoms with Crippen LogP contribution < -0.4 is 5.73 Å². The molecule has 0 saturated heterocycles. The molecule has 4 nitrogen and oxygen atoms in total. The second-order valence-electron chi connectivity index (χ2n) is 6.94. The molecule has 0 aliphatic rings. The van der Waals surface area contributed by atoms with Crippen LogP contribution in [0.25, 0.3) is 44.7 Å². The van der Waals surface area contributed by atoms with Gasteiger partial charge in [-0.15, -0.1) is 0 Å². The van der Waals surface area contributed by atoms with Gasteiger partial charge in [0.05, 0.1) is 11.2 Å². The predicted octanol–water partition coefficient (Wildman–Crippen LogP) is 5.75. The van der Waals surface area contributed by atoms with E-state index in [1.165, 1.54) is 12.1 Å². The molecule has 5 aromatic rings. The topological polar surface area (TPSA) is 64.7 Å². The van der Waals surface area contributed by atoms with Gasteiger partial charge in [0.25, 0.3) is 0 Å². The summed E-state index contributed by atoms with van der Waals surface area (Å²) < 4.78 is 13.3. The fourth-order valence-electron chi connectivity index (χ4n) is 3.47. The Hall–Kier alpha value is -4.12. The molecule has 5 rings (SSSR count). The summed E-state index contributed by atoms with van der Waals surface area (Å²) in [6.07, 6.45) is 0. The Bertz CT molecular complexity index is 1330. The van der Waals surface area contributed by atoms with E-state index in [-0.39, 0.29) is 11.8 Å². The van der Waals surface area contributed by atoms with E-state index in [1.54, 1.807) is 12.1 Å². The van der Waals surface area contributed by atoms with Gasteiger partial charge >= 0.3 is 0 Å². The molecule has 0 amide bonds. The normalized spacial score (nSPS) is 11.0. The van der Waals surface area contributed by atoms with Gasteiger partial charge in [-0.2, -0.15) is 0 Å². The number of hydrogen-bond donors (Lipinski definition) is 1. The number of nitrogens with two attached hydrogens (primary N) is 1. The van der Waals surface area contributed by atoms with Crippen molar-refractivity contribution in [2.24, 2.45) is 0 Å². The molecule has 0 bridgehead atoms. The van der Waals surface area contributed by atoms with Gasteiger partial charge in [0.1, 0.15) is 17.0 Å². The van der Waals surface area contributed by atoms with E-state index in [4.69, 9.17) is 10.7 Å². The summed E-state index contributed by atoms with van der Waals surface area (Å²) in [6, 6.07) is 28.3. The van der Waals surface area contributed by atoms with Crippen molar-refractivity contribution in [1.29, 1.82) is 0 Å². The maximum absolute atomic E-state index is 13.3. The number of pyridine rings is 1. The first-order valence-electron chi connectivity index (χ1n) is 9.53. The summed E-state index contributed by atoms with van der Waals surface area (Å²) in [5.41, 5.74) is 12.6. The lowest BCUT2D eigenvalue weighted by atomic mass is 10.0. The Labute approximate surface area is 172 Å². The fourth-order valence-corrected chi connectivity index (χ4v) is 3.47. The number of nitrogens with zero attached hydrogens (tertiary/aromatic N) is 3. The molecule has 0 saturated carbocycles. The summed E-state index contributed by atoms with van der Waals surface area (Å²) in [5, 5.41) is 0. The number of anilines is 1. The molecule has 0 aliphatic heterocycles. The lowest BCUT2D eigenvalue weighted by molar-refractivity contribution is 0.628. The smallest absolute Gasteiger partial charge is 0.221 e. The second-order valence-corrected chi connectivity index (χ2v) is 6.94. The molecule has 0 atom stereocenters. The first-order valence-corrected chi connectivity index (χ1v) is 9.53. The molecule has 2 aromatic heterocycles. The molecule has 0 unspecified atom stereocenters. The molecule has 5 heteroatoms. The van der Waals surface area contributed by atoms with Crippen LogP contribution >= 0.6 is 0 Å². The molecular formula is C25H17FN4. The van der Waals surface area contributed by atoms with E-state index in [0.717, 1.165) is 27.9 Å². The number of fused-ring (bicyclic) bond motifs is 1. The van der Waals surface area contributed by atoms with Crippen molar-refractivity contribution < 1.29 is 4.39 Å². The zero-order valence-corrected chi connectivity index (χ0v) is 16.0. The van der Waals surface area contributed by atoms with Crippen molar-refractivity contribution in [2.75, 3.05) is 5.73 Å². The van der Waals surface area contributed by atoms with Crippen LogP contribution in [0.2, 0.25) is 0 Å². The molecule has 3 aromatic carbocycles. The van der Waals surface area contributed by atoms with E-state index in [0.29, 0.717) is 16.7 Å². The van der Waals surface area contributed by atoms with Crippen molar-refractivity contribution in [2.45, 2.75) is 0 Å². The van der Waals surface area contributed by atoms with Crippen molar-refractivity contribution in [3.63, 3.8) is 0 Å². The van der Waals surface area contributed by atoms with Crippen molar-refractivity contribution in [1.82, 2.24) is 15.0 Å². The van der Waals surface area contributed by atoms with Gasteiger partial charge in [-0.1, -0.05) is 54.6 Å². The van der Waals surface area contributed by atoms with Crippen LogP contribution in [0.15, 0.2) is 91.0 Å². The third kappa shape index (κ3) is 3.37. The zero-order chi connectivity index (χ0) is 20.5. The van der Waals surface area contributed by atoms with Crippen LogP contribution in [0.4, 0.5) is 10.3 Å². The van der Waals surface area contributed by atoms with E-state index < -0.39 is 0 Å². The van der Waals surface area contributed by atoms with Gasteiger partial charge < -0.3 is 5.73 Å². The standard InChI is InChI=1S/C25H17FN4/c26-20-12-10-18(11-13-20)21-14-15-22-24(28-21)23(30-25(27)29-22)19-8-6-17(7-9-19)16-4-2-1-3-5-16/h1-15H,(H2,27,29,30). The van der Waals surface area contributed by atoms with Gasteiger partial charge in [0, 0.05) is 11.1 Å². The lowest BCUT2D eigenvalue weighted by Gasteiger charge is -2.09. The van der Waals surface area contributed by atoms with E-state index >= 15 is 0 Å². The Balaban J connectivity index is 1.62. The van der Waals surface area contributed by atoms with E-state index in [2.05, 4.69) is 34.2 Å². The van der Waals surface area contributed by atoms with Crippen LogP contribution in [-0.4, -0.2) is 15.0 Å². The minimum atomic E-state index is -0.283. The van der Waals surface area contributed by atoms with Gasteiger partial charge in [0.2, 0.25) is 5.95 Å². The monoisotopic (exact) mass is 392 g/mol. The number of nitrogen functional groups attached to an aromatic ring is 1. The molecule has 0 fully saturated rings. The van der Waals surface area contributed by atoms with Gasteiger partial charge in [-0.3, -0.25) is 0 Å². The Kier molecular flexibility index (Phi) is 4.41. The molecule has 30 heavy (non-hydrogen) atoms. The third-order valence-corrected chi connectivity index (χ3v) is 4.97. The number of benzene rings is 3. The van der Waals surface area contributed by atoms with Crippen molar-refractivity contribution >= 4 is 17.0 Å². The van der Waals surface area contributed by atoms with E-state index in [9.17, 15) is 4.39 Å². The van der Waals surface area contributed by atoms with E-state index in [1.807, 2.05) is 42.5 Å². The largest absolute Gasteiger partial charge is 0.368 e. The molecule has 2 N–H and O–H groups in total. The molecule has 2 heterocycles. The predicted molar refractivity (Wildman–Crippen MR) is 118 cm³/mol. The first-order chi connectivity index (χ1) is 14.7. The Morgan fingerprint density at radius 3 is 1.93 bits per heavy atom. The van der Waals surface area contributed by atoms with Crippen LogP contribution in [-0.2, 0) is 0 Å². The first kappa shape index (κ1) is 17.9. The maximum atomic E-state index is 13.3.